The van der Waals surface area contributed by atoms with Crippen molar-refractivity contribution in [2.24, 2.45) is 0 Å². The van der Waals surface area contributed by atoms with Crippen molar-refractivity contribution in [2.45, 2.75) is 6.92 Å². The Kier molecular flexibility index (Phi) is 1.87. The van der Waals surface area contributed by atoms with Gasteiger partial charge < -0.3 is 8.79 Å². The van der Waals surface area contributed by atoms with E-state index in [9.17, 15) is 0 Å². The third-order valence-corrected chi connectivity index (χ3v) is 2.34. The van der Waals surface area contributed by atoms with Crippen LogP contribution in [0.15, 0.2) is 34.9 Å². The number of nitrogens with one attached hydrogen (secondary N) is 1. The quantitative estimate of drug-likeness (QED) is 0.660. The Bertz CT molecular complexity index is 422. The van der Waals surface area contributed by atoms with Gasteiger partial charge in [-0.2, -0.15) is 0 Å². The molecule has 0 bridgehead atoms. The van der Waals surface area contributed by atoms with Gasteiger partial charge in [0, 0.05) is 6.20 Å². The molecule has 12 heavy (non-hydrogen) atoms. The summed E-state index contributed by atoms with van der Waals surface area (Å²) in [6, 6.07) is 7.96. The largest absolute Gasteiger partial charge is 0.459 e. The maximum atomic E-state index is 5.53. The maximum absolute atomic E-state index is 5.53. The number of para-hydroxylation sites is 1. The molecule has 0 aliphatic rings. The fourth-order valence-corrected chi connectivity index (χ4v) is 1.71. The number of aromatic amines is 1. The number of rotatable bonds is 0. The van der Waals surface area contributed by atoms with Crippen molar-refractivity contribution in [1.29, 1.82) is 0 Å². The summed E-state index contributed by atoms with van der Waals surface area (Å²) >= 11 is 1.56. The first kappa shape index (κ1) is 7.43. The first-order valence-corrected chi connectivity index (χ1v) is 4.54. The molecule has 0 saturated heterocycles. The Morgan fingerprint density at radius 1 is 1.33 bits per heavy atom. The van der Waals surface area contributed by atoms with Crippen LogP contribution in [0.2, 0.25) is 0 Å². The van der Waals surface area contributed by atoms with E-state index in [1.807, 2.05) is 37.4 Å². The van der Waals surface area contributed by atoms with Gasteiger partial charge in [-0.3, -0.25) is 0 Å². The second kappa shape index (κ2) is 3.03. The smallest absolute Gasteiger partial charge is 0.145 e. The molecule has 0 spiro atoms. The lowest BCUT2D eigenvalue weighted by Crippen LogP contribution is -1.64. The molecule has 0 amide bonds. The summed E-state index contributed by atoms with van der Waals surface area (Å²) in [5, 5.41) is 0. The van der Waals surface area contributed by atoms with E-state index in [2.05, 4.69) is 4.37 Å². The van der Waals surface area contributed by atoms with Crippen LogP contribution in [0.5, 0.6) is 0 Å². The van der Waals surface area contributed by atoms with Gasteiger partial charge in [0.05, 0.1) is 4.70 Å². The molecule has 1 aromatic heterocycles. The lowest BCUT2D eigenvalue weighted by molar-refractivity contribution is 0.568. The van der Waals surface area contributed by atoms with Gasteiger partial charge in [-0.15, -0.1) is 0 Å². The molecule has 1 aromatic carbocycles. The minimum Gasteiger partial charge on any atom is -0.459 e. The van der Waals surface area contributed by atoms with E-state index in [-0.39, 0.29) is 0 Å². The van der Waals surface area contributed by atoms with Crippen molar-refractivity contribution in [3.05, 3.63) is 36.2 Å². The van der Waals surface area contributed by atoms with Crippen LogP contribution in [0, 0.1) is 6.92 Å². The molecule has 1 heterocycles. The molecule has 0 fully saturated rings. The molecule has 62 valence electrons. The van der Waals surface area contributed by atoms with Crippen molar-refractivity contribution in [1.82, 2.24) is 4.37 Å². The standard InChI is InChI=1S/C9H9NOS/c1-7-6-10-12-9-5-3-2-4-8(9)11-7/h2-6,10H,1H3. The van der Waals surface area contributed by atoms with Crippen LogP contribution in [-0.4, -0.2) is 4.37 Å². The summed E-state index contributed by atoms with van der Waals surface area (Å²) in [4.78, 5) is 0. The van der Waals surface area contributed by atoms with E-state index >= 15 is 0 Å². The second-order valence-electron chi connectivity index (χ2n) is 2.52. The van der Waals surface area contributed by atoms with E-state index in [1.54, 1.807) is 11.5 Å². The topological polar surface area (TPSA) is 28.9 Å². The fraction of sp³-hybridized carbons (Fsp3) is 0.111. The molecule has 0 atom stereocenters. The molecule has 0 radical (unpaired) electrons. The number of aromatic nitrogens is 1. The summed E-state index contributed by atoms with van der Waals surface area (Å²) < 4.78 is 9.73. The van der Waals surface area contributed by atoms with E-state index in [4.69, 9.17) is 4.42 Å². The normalized spacial score (nSPS) is 10.1. The van der Waals surface area contributed by atoms with E-state index in [1.165, 1.54) is 0 Å². The van der Waals surface area contributed by atoms with Crippen LogP contribution >= 0.6 is 11.5 Å². The highest BCUT2D eigenvalue weighted by Gasteiger charge is 1.91. The zero-order chi connectivity index (χ0) is 8.39. The van der Waals surface area contributed by atoms with Gasteiger partial charge in [0.2, 0.25) is 0 Å². The Labute approximate surface area is 74.3 Å². The summed E-state index contributed by atoms with van der Waals surface area (Å²) in [7, 11) is 0. The monoisotopic (exact) mass is 179 g/mol. The number of fused-ring (bicyclic) bond motifs is 1. The van der Waals surface area contributed by atoms with Gasteiger partial charge in [-0.05, 0) is 19.1 Å². The Balaban J connectivity index is 2.88. The van der Waals surface area contributed by atoms with Crippen molar-refractivity contribution < 1.29 is 4.42 Å². The summed E-state index contributed by atoms with van der Waals surface area (Å²) in [6.07, 6.45) is 1.85. The summed E-state index contributed by atoms with van der Waals surface area (Å²) in [5.41, 5.74) is 0.918. The third kappa shape index (κ3) is 1.36. The van der Waals surface area contributed by atoms with E-state index < -0.39 is 0 Å². The maximum Gasteiger partial charge on any atom is 0.145 e. The highest BCUT2D eigenvalue weighted by Crippen LogP contribution is 2.15. The van der Waals surface area contributed by atoms with Gasteiger partial charge in [0.25, 0.3) is 0 Å². The van der Waals surface area contributed by atoms with Crippen LogP contribution in [0.1, 0.15) is 5.76 Å². The Hall–Kier alpha value is -1.22. The number of benzene rings is 1. The lowest BCUT2D eigenvalue weighted by Gasteiger charge is -1.88. The zero-order valence-corrected chi connectivity index (χ0v) is 7.52. The molecule has 2 nitrogen and oxygen atoms in total. The van der Waals surface area contributed by atoms with Gasteiger partial charge in [-0.1, -0.05) is 23.7 Å². The van der Waals surface area contributed by atoms with Gasteiger partial charge >= 0.3 is 0 Å². The van der Waals surface area contributed by atoms with Crippen LogP contribution < -0.4 is 0 Å². The predicted octanol–water partition coefficient (Wildman–Crippen LogP) is 3.26. The minimum atomic E-state index is 0.882. The molecule has 0 saturated carbocycles. The van der Waals surface area contributed by atoms with E-state index in [0.717, 1.165) is 16.0 Å². The molecule has 0 aliphatic heterocycles. The highest BCUT2D eigenvalue weighted by molar-refractivity contribution is 7.12. The van der Waals surface area contributed by atoms with Gasteiger partial charge in [-0.25, -0.2) is 0 Å². The molecule has 2 aromatic rings. The SMILES string of the molecule is Cc1c[nH]sc2ccccc2o1. The average molecular weight is 179 g/mol. The zero-order valence-electron chi connectivity index (χ0n) is 6.70. The van der Waals surface area contributed by atoms with E-state index in [0.29, 0.717) is 0 Å². The Morgan fingerprint density at radius 3 is 3.08 bits per heavy atom. The Morgan fingerprint density at radius 2 is 2.17 bits per heavy atom. The van der Waals surface area contributed by atoms with Gasteiger partial charge in [0.1, 0.15) is 11.3 Å². The summed E-state index contributed by atoms with van der Waals surface area (Å²) in [6.45, 7) is 1.93. The van der Waals surface area contributed by atoms with Crippen LogP contribution in [0.4, 0.5) is 0 Å². The van der Waals surface area contributed by atoms with Crippen LogP contribution in [-0.2, 0) is 0 Å². The molecule has 2 rings (SSSR count). The molecular formula is C9H9NOS. The number of hydrogen-bond donors (Lipinski definition) is 1. The second-order valence-corrected chi connectivity index (χ2v) is 3.40. The number of hydrogen-bond acceptors (Lipinski definition) is 2. The van der Waals surface area contributed by atoms with Crippen LogP contribution in [0.3, 0.4) is 0 Å². The van der Waals surface area contributed by atoms with Crippen molar-refractivity contribution >= 4 is 21.8 Å². The molecule has 0 aliphatic carbocycles. The first-order chi connectivity index (χ1) is 5.86. The lowest BCUT2D eigenvalue weighted by atomic mass is 10.3. The third-order valence-electron chi connectivity index (χ3n) is 1.55. The minimum absolute atomic E-state index is 0.882. The van der Waals surface area contributed by atoms with Crippen LogP contribution in [0.25, 0.3) is 10.3 Å². The first-order valence-electron chi connectivity index (χ1n) is 3.72. The molecule has 1 N–H and O–H groups in total. The number of H-pyrrole nitrogens is 1. The van der Waals surface area contributed by atoms with Crippen molar-refractivity contribution in [2.75, 3.05) is 0 Å². The predicted molar refractivity (Wildman–Crippen MR) is 50.8 cm³/mol. The summed E-state index contributed by atoms with van der Waals surface area (Å²) in [5.74, 6) is 0.882. The van der Waals surface area contributed by atoms with Gasteiger partial charge in [0.15, 0.2) is 0 Å². The fourth-order valence-electron chi connectivity index (χ4n) is 0.998. The van der Waals surface area contributed by atoms with Crippen molar-refractivity contribution in [3.8, 4) is 0 Å². The number of aryl methyl sites for hydroxylation is 1. The highest BCUT2D eigenvalue weighted by atomic mass is 32.1. The molecule has 0 unspecified atom stereocenters. The average Bonchev–Trinajstić information content (AvgIpc) is 2.25. The molecule has 3 heteroatoms. The van der Waals surface area contributed by atoms with Crippen molar-refractivity contribution in [3.63, 3.8) is 0 Å². The molecular weight excluding hydrogens is 170 g/mol.